The first-order valence-electron chi connectivity index (χ1n) is 4.55. The van der Waals surface area contributed by atoms with Crippen molar-refractivity contribution in [2.24, 2.45) is 5.73 Å². The molecule has 0 saturated carbocycles. The zero-order valence-corrected chi connectivity index (χ0v) is 9.53. The van der Waals surface area contributed by atoms with Gasteiger partial charge in [0.1, 0.15) is 0 Å². The van der Waals surface area contributed by atoms with Gasteiger partial charge in [-0.25, -0.2) is 4.98 Å². The molecule has 0 fully saturated rings. The largest absolute Gasteiger partial charge is 0.330 e. The van der Waals surface area contributed by atoms with Crippen LogP contribution >= 0.6 is 15.9 Å². The van der Waals surface area contributed by atoms with Crippen LogP contribution < -0.4 is 5.73 Å². The van der Waals surface area contributed by atoms with Crippen molar-refractivity contribution in [3.8, 4) is 0 Å². The van der Waals surface area contributed by atoms with E-state index < -0.39 is 0 Å². The molecule has 2 heterocycles. The summed E-state index contributed by atoms with van der Waals surface area (Å²) >= 11 is 3.47. The molecule has 0 saturated heterocycles. The van der Waals surface area contributed by atoms with Crippen LogP contribution in [0.5, 0.6) is 0 Å². The van der Waals surface area contributed by atoms with Gasteiger partial charge in [0.15, 0.2) is 5.65 Å². The van der Waals surface area contributed by atoms with Gasteiger partial charge in [-0.2, -0.15) is 0 Å². The van der Waals surface area contributed by atoms with E-state index in [1.165, 1.54) is 0 Å². The van der Waals surface area contributed by atoms with Crippen molar-refractivity contribution in [2.75, 3.05) is 6.54 Å². The van der Waals surface area contributed by atoms with Crippen LogP contribution in [0.1, 0.15) is 18.5 Å². The van der Waals surface area contributed by atoms with Crippen molar-refractivity contribution in [1.82, 2.24) is 9.38 Å². The fraction of sp³-hybridized carbons (Fsp3) is 0.300. The Morgan fingerprint density at radius 2 is 2.43 bits per heavy atom. The molecule has 2 aromatic rings. The number of halogens is 1. The number of aromatic nitrogens is 2. The minimum Gasteiger partial charge on any atom is -0.330 e. The van der Waals surface area contributed by atoms with Crippen LogP contribution in [-0.2, 0) is 0 Å². The van der Waals surface area contributed by atoms with E-state index in [-0.39, 0.29) is 0 Å². The predicted molar refractivity (Wildman–Crippen MR) is 60.4 cm³/mol. The highest BCUT2D eigenvalue weighted by molar-refractivity contribution is 9.10. The van der Waals surface area contributed by atoms with E-state index in [4.69, 9.17) is 5.73 Å². The Hall–Kier alpha value is -0.870. The first-order chi connectivity index (χ1) is 6.72. The van der Waals surface area contributed by atoms with Crippen LogP contribution in [0.15, 0.2) is 29.0 Å². The summed E-state index contributed by atoms with van der Waals surface area (Å²) in [6.07, 6.45) is 4.01. The Labute approximate surface area is 91.1 Å². The Kier molecular flexibility index (Phi) is 2.56. The van der Waals surface area contributed by atoms with Crippen LogP contribution in [0, 0.1) is 0 Å². The van der Waals surface area contributed by atoms with E-state index in [0.717, 1.165) is 15.8 Å². The summed E-state index contributed by atoms with van der Waals surface area (Å²) in [7, 11) is 0. The standard InChI is InChI=1S/C10H12BrN3/c1-7(5-12)9-6-14-4-2-3-8(11)10(14)13-9/h2-4,6-7H,5,12H2,1H3. The predicted octanol–water partition coefficient (Wildman–Crippen LogP) is 2.16. The molecule has 0 bridgehead atoms. The highest BCUT2D eigenvalue weighted by Gasteiger charge is 2.09. The molecular formula is C10H12BrN3. The molecule has 0 aliphatic carbocycles. The molecule has 1 unspecified atom stereocenters. The summed E-state index contributed by atoms with van der Waals surface area (Å²) in [6.45, 7) is 2.71. The SMILES string of the molecule is CC(CN)c1cn2cccc(Br)c2n1. The lowest BCUT2D eigenvalue weighted by Crippen LogP contribution is -2.08. The molecule has 0 radical (unpaired) electrons. The summed E-state index contributed by atoms with van der Waals surface area (Å²) in [5, 5.41) is 0. The van der Waals surface area contributed by atoms with Crippen LogP contribution in [0.25, 0.3) is 5.65 Å². The number of pyridine rings is 1. The van der Waals surface area contributed by atoms with Gasteiger partial charge in [-0.05, 0) is 28.1 Å². The van der Waals surface area contributed by atoms with Gasteiger partial charge in [-0.3, -0.25) is 0 Å². The number of hydrogen-bond acceptors (Lipinski definition) is 2. The molecule has 2 aromatic heterocycles. The lowest BCUT2D eigenvalue weighted by Gasteiger charge is -2.01. The molecule has 0 amide bonds. The molecule has 2 rings (SSSR count). The molecular weight excluding hydrogens is 242 g/mol. The molecule has 1 atom stereocenters. The third-order valence-electron chi connectivity index (χ3n) is 2.31. The average molecular weight is 254 g/mol. The van der Waals surface area contributed by atoms with E-state index in [9.17, 15) is 0 Å². The van der Waals surface area contributed by atoms with Gasteiger partial charge in [0.05, 0.1) is 10.2 Å². The van der Waals surface area contributed by atoms with Crippen molar-refractivity contribution in [3.05, 3.63) is 34.7 Å². The normalized spacial score (nSPS) is 13.4. The van der Waals surface area contributed by atoms with Crippen LogP contribution in [0.3, 0.4) is 0 Å². The Bertz CT molecular complexity index is 450. The van der Waals surface area contributed by atoms with Gasteiger partial charge in [0, 0.05) is 24.9 Å². The lowest BCUT2D eigenvalue weighted by atomic mass is 10.1. The summed E-state index contributed by atoms with van der Waals surface area (Å²) in [5.41, 5.74) is 7.59. The van der Waals surface area contributed by atoms with Gasteiger partial charge < -0.3 is 10.1 Å². The fourth-order valence-electron chi connectivity index (χ4n) is 1.36. The van der Waals surface area contributed by atoms with E-state index in [1.807, 2.05) is 28.9 Å². The smallest absolute Gasteiger partial charge is 0.151 e. The number of hydrogen-bond donors (Lipinski definition) is 1. The first kappa shape index (κ1) is 9.68. The highest BCUT2D eigenvalue weighted by atomic mass is 79.9. The Balaban J connectivity index is 2.56. The maximum Gasteiger partial charge on any atom is 0.151 e. The Morgan fingerprint density at radius 3 is 3.07 bits per heavy atom. The first-order valence-corrected chi connectivity index (χ1v) is 5.35. The monoisotopic (exact) mass is 253 g/mol. The molecule has 0 aliphatic rings. The van der Waals surface area contributed by atoms with Crippen molar-refractivity contribution >= 4 is 21.6 Å². The summed E-state index contributed by atoms with van der Waals surface area (Å²) in [4.78, 5) is 4.52. The van der Waals surface area contributed by atoms with Gasteiger partial charge in [-0.15, -0.1) is 0 Å². The molecule has 4 heteroatoms. The van der Waals surface area contributed by atoms with Crippen molar-refractivity contribution < 1.29 is 0 Å². The van der Waals surface area contributed by atoms with E-state index in [1.54, 1.807) is 0 Å². The van der Waals surface area contributed by atoms with Crippen LogP contribution in [-0.4, -0.2) is 15.9 Å². The number of fused-ring (bicyclic) bond motifs is 1. The van der Waals surface area contributed by atoms with Crippen LogP contribution in [0.2, 0.25) is 0 Å². The second-order valence-electron chi connectivity index (χ2n) is 3.39. The molecule has 0 spiro atoms. The summed E-state index contributed by atoms with van der Waals surface area (Å²) in [6, 6.07) is 3.97. The van der Waals surface area contributed by atoms with Crippen LogP contribution in [0.4, 0.5) is 0 Å². The minimum atomic E-state index is 0.307. The number of nitrogens with zero attached hydrogens (tertiary/aromatic N) is 2. The van der Waals surface area contributed by atoms with Crippen molar-refractivity contribution in [1.29, 1.82) is 0 Å². The molecule has 0 aliphatic heterocycles. The summed E-state index contributed by atoms with van der Waals surface area (Å²) in [5.74, 6) is 0.307. The Morgan fingerprint density at radius 1 is 1.64 bits per heavy atom. The van der Waals surface area contributed by atoms with E-state index >= 15 is 0 Å². The molecule has 74 valence electrons. The maximum atomic E-state index is 5.60. The van der Waals surface area contributed by atoms with Gasteiger partial charge in [0.2, 0.25) is 0 Å². The van der Waals surface area contributed by atoms with E-state index in [2.05, 4.69) is 27.8 Å². The molecule has 2 N–H and O–H groups in total. The zero-order chi connectivity index (χ0) is 10.1. The highest BCUT2D eigenvalue weighted by Crippen LogP contribution is 2.20. The van der Waals surface area contributed by atoms with Gasteiger partial charge in [0.25, 0.3) is 0 Å². The van der Waals surface area contributed by atoms with Crippen molar-refractivity contribution in [2.45, 2.75) is 12.8 Å². The minimum absolute atomic E-state index is 0.307. The van der Waals surface area contributed by atoms with Gasteiger partial charge >= 0.3 is 0 Å². The molecule has 3 nitrogen and oxygen atoms in total. The molecule has 14 heavy (non-hydrogen) atoms. The average Bonchev–Trinajstić information content (AvgIpc) is 2.62. The summed E-state index contributed by atoms with van der Waals surface area (Å²) < 4.78 is 3.02. The maximum absolute atomic E-state index is 5.60. The van der Waals surface area contributed by atoms with E-state index in [0.29, 0.717) is 12.5 Å². The third-order valence-corrected chi connectivity index (χ3v) is 2.93. The second kappa shape index (κ2) is 3.71. The second-order valence-corrected chi connectivity index (χ2v) is 4.24. The number of imidazole rings is 1. The van der Waals surface area contributed by atoms with Gasteiger partial charge in [-0.1, -0.05) is 6.92 Å². The lowest BCUT2D eigenvalue weighted by molar-refractivity contribution is 0.752. The molecule has 0 aromatic carbocycles. The fourth-order valence-corrected chi connectivity index (χ4v) is 1.80. The number of rotatable bonds is 2. The topological polar surface area (TPSA) is 43.3 Å². The number of nitrogens with two attached hydrogens (primary N) is 1. The quantitative estimate of drug-likeness (QED) is 0.892. The van der Waals surface area contributed by atoms with Crippen molar-refractivity contribution in [3.63, 3.8) is 0 Å². The third kappa shape index (κ3) is 1.55. The zero-order valence-electron chi connectivity index (χ0n) is 7.94.